The van der Waals surface area contributed by atoms with Gasteiger partial charge in [-0.05, 0) is 61.1 Å². The summed E-state index contributed by atoms with van der Waals surface area (Å²) in [6.07, 6.45) is 11.5. The van der Waals surface area contributed by atoms with Crippen LogP contribution in [-0.2, 0) is 0 Å². The number of aromatic nitrogens is 4. The lowest BCUT2D eigenvalue weighted by Crippen LogP contribution is -3.29. The molecule has 1 aliphatic heterocycles. The van der Waals surface area contributed by atoms with E-state index in [2.05, 4.69) is 15.5 Å². The van der Waals surface area contributed by atoms with E-state index in [9.17, 15) is 4.39 Å². The van der Waals surface area contributed by atoms with Crippen molar-refractivity contribution in [1.29, 1.82) is 0 Å². The van der Waals surface area contributed by atoms with Crippen LogP contribution in [0.15, 0.2) is 24.3 Å². The molecule has 162 valence electrons. The predicted molar refractivity (Wildman–Crippen MR) is 112 cm³/mol. The van der Waals surface area contributed by atoms with E-state index in [0.29, 0.717) is 6.04 Å². The van der Waals surface area contributed by atoms with Gasteiger partial charge in [0.05, 0.1) is 17.6 Å². The molecule has 3 aliphatic rings. The highest BCUT2D eigenvalue weighted by atomic mass is 19.1. The first-order chi connectivity index (χ1) is 14.8. The van der Waals surface area contributed by atoms with Crippen molar-refractivity contribution in [3.8, 4) is 0 Å². The number of hydrogen-bond acceptors (Lipinski definition) is 3. The first kappa shape index (κ1) is 20.1. The van der Waals surface area contributed by atoms with Gasteiger partial charge in [-0.1, -0.05) is 31.4 Å². The van der Waals surface area contributed by atoms with Gasteiger partial charge in [-0.25, -0.2) is 9.07 Å². The summed E-state index contributed by atoms with van der Waals surface area (Å²) in [5, 5.41) is 13.0. The number of tetrazole rings is 1. The fourth-order valence-electron chi connectivity index (χ4n) is 6.15. The van der Waals surface area contributed by atoms with Crippen LogP contribution in [0.2, 0.25) is 0 Å². The molecule has 0 unspecified atom stereocenters. The van der Waals surface area contributed by atoms with E-state index in [-0.39, 0.29) is 11.9 Å². The quantitative estimate of drug-likeness (QED) is 0.771. The van der Waals surface area contributed by atoms with Crippen molar-refractivity contribution < 1.29 is 14.2 Å². The summed E-state index contributed by atoms with van der Waals surface area (Å²) < 4.78 is 17.0. The third kappa shape index (κ3) is 4.02. The van der Waals surface area contributed by atoms with Crippen molar-refractivity contribution in [3.63, 3.8) is 0 Å². The topological polar surface area (TPSA) is 52.5 Å². The number of quaternary nitrogens is 2. The molecule has 1 aromatic carbocycles. The number of rotatable bonds is 5. The lowest BCUT2D eigenvalue weighted by atomic mass is 9.95. The van der Waals surface area contributed by atoms with Crippen molar-refractivity contribution in [2.24, 2.45) is 0 Å². The van der Waals surface area contributed by atoms with Gasteiger partial charge in [0.25, 0.3) is 0 Å². The highest BCUT2D eigenvalue weighted by molar-refractivity contribution is 5.24. The first-order valence-corrected chi connectivity index (χ1v) is 12.0. The van der Waals surface area contributed by atoms with Crippen LogP contribution in [0.5, 0.6) is 0 Å². The van der Waals surface area contributed by atoms with Gasteiger partial charge < -0.3 is 9.80 Å². The zero-order valence-electron chi connectivity index (χ0n) is 17.9. The molecular weight excluding hydrogens is 379 g/mol. The van der Waals surface area contributed by atoms with E-state index in [1.807, 2.05) is 16.8 Å². The van der Waals surface area contributed by atoms with Gasteiger partial charge in [-0.3, -0.25) is 0 Å². The van der Waals surface area contributed by atoms with Crippen LogP contribution in [0.25, 0.3) is 0 Å². The molecule has 2 heterocycles. The summed E-state index contributed by atoms with van der Waals surface area (Å²) in [6.45, 7) is 4.41. The molecule has 30 heavy (non-hydrogen) atoms. The third-order valence-corrected chi connectivity index (χ3v) is 7.79. The van der Waals surface area contributed by atoms with Gasteiger partial charge in [0.2, 0.25) is 5.82 Å². The van der Waals surface area contributed by atoms with Gasteiger partial charge in [-0.2, -0.15) is 0 Å². The van der Waals surface area contributed by atoms with Gasteiger partial charge in [0.1, 0.15) is 32.0 Å². The first-order valence-electron chi connectivity index (χ1n) is 12.0. The minimum absolute atomic E-state index is 0.131. The van der Waals surface area contributed by atoms with E-state index >= 15 is 0 Å². The van der Waals surface area contributed by atoms with Gasteiger partial charge in [-0.15, -0.1) is 5.10 Å². The Morgan fingerprint density at radius 2 is 1.60 bits per heavy atom. The lowest BCUT2D eigenvalue weighted by molar-refractivity contribution is -1.03. The molecular formula is C23H35FN6+2. The highest BCUT2D eigenvalue weighted by Crippen LogP contribution is 2.30. The largest absolute Gasteiger partial charge is 0.323 e. The summed E-state index contributed by atoms with van der Waals surface area (Å²) in [6, 6.07) is 8.29. The zero-order chi connectivity index (χ0) is 20.3. The third-order valence-electron chi connectivity index (χ3n) is 7.79. The van der Waals surface area contributed by atoms with Crippen molar-refractivity contribution in [3.05, 3.63) is 41.5 Å². The minimum Gasteiger partial charge on any atom is -0.323 e. The number of halogens is 1. The van der Waals surface area contributed by atoms with Crippen molar-refractivity contribution in [1.82, 2.24) is 20.2 Å². The Morgan fingerprint density at radius 3 is 2.33 bits per heavy atom. The fourth-order valence-corrected chi connectivity index (χ4v) is 6.15. The van der Waals surface area contributed by atoms with Crippen molar-refractivity contribution in [2.75, 3.05) is 26.2 Å². The molecule has 1 saturated heterocycles. The lowest BCUT2D eigenvalue weighted by Gasteiger charge is -2.37. The number of nitrogens with zero attached hydrogens (tertiary/aromatic N) is 4. The predicted octanol–water partition coefficient (Wildman–Crippen LogP) is 1.13. The molecule has 2 saturated carbocycles. The maximum absolute atomic E-state index is 15.0. The molecule has 0 bridgehead atoms. The van der Waals surface area contributed by atoms with E-state index in [4.69, 9.17) is 0 Å². The van der Waals surface area contributed by atoms with E-state index in [0.717, 1.165) is 56.5 Å². The van der Waals surface area contributed by atoms with Gasteiger partial charge in [0.15, 0.2) is 6.04 Å². The van der Waals surface area contributed by atoms with Gasteiger partial charge >= 0.3 is 0 Å². The molecule has 1 aromatic heterocycles. The smallest absolute Gasteiger partial charge is 0.214 e. The Kier molecular flexibility index (Phi) is 6.09. The van der Waals surface area contributed by atoms with Crippen LogP contribution in [0.3, 0.4) is 0 Å². The summed E-state index contributed by atoms with van der Waals surface area (Å²) in [4.78, 5) is 3.17. The van der Waals surface area contributed by atoms with Crippen LogP contribution >= 0.6 is 0 Å². The number of hydrogen-bond donors (Lipinski definition) is 2. The highest BCUT2D eigenvalue weighted by Gasteiger charge is 2.40. The molecule has 0 radical (unpaired) electrons. The van der Waals surface area contributed by atoms with Crippen LogP contribution in [0.1, 0.15) is 81.3 Å². The molecule has 1 atom stereocenters. The monoisotopic (exact) mass is 414 g/mol. The Labute approximate surface area is 178 Å². The van der Waals surface area contributed by atoms with Crippen LogP contribution < -0.4 is 9.80 Å². The number of piperazine rings is 1. The average molecular weight is 415 g/mol. The second-order valence-electron chi connectivity index (χ2n) is 9.53. The van der Waals surface area contributed by atoms with E-state index in [1.54, 1.807) is 17.0 Å². The molecule has 0 amide bonds. The van der Waals surface area contributed by atoms with E-state index in [1.165, 1.54) is 49.8 Å². The number of nitrogens with one attached hydrogen (secondary N) is 2. The molecule has 3 fully saturated rings. The van der Waals surface area contributed by atoms with Crippen LogP contribution in [0, 0.1) is 5.82 Å². The standard InChI is InChI=1S/C23H33FN6/c24-21-13-7-6-12-20(21)22(23-25-26-27-30(23)19-10-2-1-3-11-19)29-16-14-28(15-17-29)18-8-4-5-9-18/h6-7,12-13,18-19,22H,1-5,8-11,14-17H2/p+2/t22-/m1/s1. The SMILES string of the molecule is Fc1ccccc1[C@H](c1nnnn1C1CCCCC1)[NH+]1CC[NH+](C2CCCC2)CC1. The summed E-state index contributed by atoms with van der Waals surface area (Å²) in [5.41, 5.74) is 0.740. The van der Waals surface area contributed by atoms with Crippen molar-refractivity contribution in [2.45, 2.75) is 75.9 Å². The molecule has 5 rings (SSSR count). The number of benzene rings is 1. The summed E-state index contributed by atoms with van der Waals surface area (Å²) >= 11 is 0. The van der Waals surface area contributed by atoms with Crippen LogP contribution in [0.4, 0.5) is 4.39 Å². The van der Waals surface area contributed by atoms with Gasteiger partial charge in [0, 0.05) is 0 Å². The second kappa shape index (κ2) is 9.10. The maximum atomic E-state index is 15.0. The average Bonchev–Trinajstić information content (AvgIpc) is 3.49. The summed E-state index contributed by atoms with van der Waals surface area (Å²) in [7, 11) is 0. The Morgan fingerprint density at radius 1 is 0.900 bits per heavy atom. The van der Waals surface area contributed by atoms with Crippen molar-refractivity contribution >= 4 is 0 Å². The fraction of sp³-hybridized carbons (Fsp3) is 0.696. The molecule has 0 spiro atoms. The normalized spacial score (nSPS) is 27.4. The molecule has 2 aliphatic carbocycles. The van der Waals surface area contributed by atoms with Crippen LogP contribution in [-0.4, -0.2) is 52.4 Å². The Hall–Kier alpha value is -1.86. The molecule has 2 aromatic rings. The summed E-state index contributed by atoms with van der Waals surface area (Å²) in [5.74, 6) is 0.713. The molecule has 2 N–H and O–H groups in total. The molecule has 7 heteroatoms. The second-order valence-corrected chi connectivity index (χ2v) is 9.53. The Bertz CT molecular complexity index is 819. The minimum atomic E-state index is -0.140. The Balaban J connectivity index is 1.43. The maximum Gasteiger partial charge on any atom is 0.214 e. The molecule has 6 nitrogen and oxygen atoms in total. The zero-order valence-corrected chi connectivity index (χ0v) is 17.9. The van der Waals surface area contributed by atoms with E-state index < -0.39 is 0 Å².